The summed E-state index contributed by atoms with van der Waals surface area (Å²) in [5, 5.41) is 3.02. The summed E-state index contributed by atoms with van der Waals surface area (Å²) in [6, 6.07) is 10.2. The first-order chi connectivity index (χ1) is 14.0. The Hall–Kier alpha value is -2.93. The number of anilines is 1. The van der Waals surface area contributed by atoms with E-state index >= 15 is 0 Å². The third-order valence-electron chi connectivity index (χ3n) is 4.17. The van der Waals surface area contributed by atoms with Gasteiger partial charge < -0.3 is 9.47 Å². The molecule has 5 nitrogen and oxygen atoms in total. The number of halogens is 1. The third-order valence-corrected chi connectivity index (χ3v) is 5.10. The number of para-hydroxylation sites is 1. The number of amides is 1. The topological polar surface area (TPSA) is 60.5 Å². The van der Waals surface area contributed by atoms with Gasteiger partial charge in [-0.25, -0.2) is 9.37 Å². The summed E-state index contributed by atoms with van der Waals surface area (Å²) in [4.78, 5) is 16.3. The van der Waals surface area contributed by atoms with E-state index < -0.39 is 5.82 Å². The van der Waals surface area contributed by atoms with E-state index in [1.165, 1.54) is 23.5 Å². The minimum atomic E-state index is -0.405. The average Bonchev–Trinajstić information content (AvgIpc) is 3.10. The van der Waals surface area contributed by atoms with E-state index in [0.29, 0.717) is 33.9 Å². The number of hydrogen-bond donors (Lipinski definition) is 1. The van der Waals surface area contributed by atoms with Crippen LogP contribution in [0.15, 0.2) is 42.5 Å². The van der Waals surface area contributed by atoms with Gasteiger partial charge in [-0.15, -0.1) is 0 Å². The highest BCUT2D eigenvalue weighted by Gasteiger charge is 2.10. The Balaban J connectivity index is 1.65. The van der Waals surface area contributed by atoms with Gasteiger partial charge in [0, 0.05) is 6.08 Å². The molecule has 1 aromatic heterocycles. The van der Waals surface area contributed by atoms with Crippen molar-refractivity contribution in [2.24, 2.45) is 5.92 Å². The van der Waals surface area contributed by atoms with Crippen LogP contribution in [0.25, 0.3) is 16.3 Å². The van der Waals surface area contributed by atoms with E-state index in [4.69, 9.17) is 9.47 Å². The van der Waals surface area contributed by atoms with E-state index in [9.17, 15) is 9.18 Å². The molecule has 152 valence electrons. The predicted octanol–water partition coefficient (Wildman–Crippen LogP) is 5.52. The molecule has 0 bridgehead atoms. The first-order valence-electron chi connectivity index (χ1n) is 9.31. The van der Waals surface area contributed by atoms with E-state index in [2.05, 4.69) is 24.1 Å². The van der Waals surface area contributed by atoms with Crippen LogP contribution in [0.2, 0.25) is 0 Å². The second-order valence-electron chi connectivity index (χ2n) is 6.87. The number of rotatable bonds is 8. The molecular weight excluding hydrogens is 391 g/mol. The summed E-state index contributed by atoms with van der Waals surface area (Å²) < 4.78 is 25.6. The number of nitrogens with zero attached hydrogens (tertiary/aromatic N) is 1. The number of fused-ring (bicyclic) bond motifs is 1. The molecule has 3 aromatic rings. The molecule has 0 fully saturated rings. The summed E-state index contributed by atoms with van der Waals surface area (Å²) in [7, 11) is 1.58. The molecule has 1 amide bonds. The first kappa shape index (κ1) is 20.8. The van der Waals surface area contributed by atoms with Crippen molar-refractivity contribution in [3.05, 3.63) is 53.9 Å². The smallest absolute Gasteiger partial charge is 0.250 e. The van der Waals surface area contributed by atoms with Gasteiger partial charge >= 0.3 is 0 Å². The van der Waals surface area contributed by atoms with Crippen molar-refractivity contribution in [3.8, 4) is 11.5 Å². The van der Waals surface area contributed by atoms with Crippen molar-refractivity contribution in [1.82, 2.24) is 4.98 Å². The fourth-order valence-electron chi connectivity index (χ4n) is 2.60. The largest absolute Gasteiger partial charge is 0.493 e. The highest BCUT2D eigenvalue weighted by atomic mass is 32.1. The fraction of sp³-hybridized carbons (Fsp3) is 0.273. The van der Waals surface area contributed by atoms with Crippen LogP contribution in [-0.4, -0.2) is 24.6 Å². The van der Waals surface area contributed by atoms with Crippen LogP contribution in [0.4, 0.5) is 9.52 Å². The molecule has 0 aliphatic rings. The van der Waals surface area contributed by atoms with Crippen molar-refractivity contribution < 1.29 is 18.7 Å². The lowest BCUT2D eigenvalue weighted by atomic mass is 10.1. The third kappa shape index (κ3) is 5.54. The Morgan fingerprint density at radius 3 is 2.83 bits per heavy atom. The van der Waals surface area contributed by atoms with Gasteiger partial charge in [-0.3, -0.25) is 10.1 Å². The lowest BCUT2D eigenvalue weighted by Crippen LogP contribution is -2.07. The molecule has 0 saturated carbocycles. The van der Waals surface area contributed by atoms with Gasteiger partial charge in [0.25, 0.3) is 0 Å². The van der Waals surface area contributed by atoms with Gasteiger partial charge in [0.15, 0.2) is 16.6 Å². The molecule has 0 spiro atoms. The van der Waals surface area contributed by atoms with E-state index in [1.54, 1.807) is 25.3 Å². The molecule has 0 unspecified atom stereocenters. The molecular formula is C22H23FN2O3S. The Morgan fingerprint density at radius 1 is 1.28 bits per heavy atom. The van der Waals surface area contributed by atoms with Gasteiger partial charge in [0.05, 0.1) is 18.4 Å². The normalized spacial score (nSPS) is 11.3. The first-order valence-corrected chi connectivity index (χ1v) is 10.1. The highest BCUT2D eigenvalue weighted by Crippen LogP contribution is 2.29. The van der Waals surface area contributed by atoms with Crippen LogP contribution < -0.4 is 14.8 Å². The SMILES string of the molecule is COc1cc(/C=C/C(=O)Nc2nc3c(F)cccc3s2)ccc1OCCC(C)C. The average molecular weight is 415 g/mol. The molecule has 0 aliphatic carbocycles. The molecule has 0 radical (unpaired) electrons. The number of nitrogens with one attached hydrogen (secondary N) is 1. The Morgan fingerprint density at radius 2 is 2.10 bits per heavy atom. The minimum absolute atomic E-state index is 0.259. The number of aromatic nitrogens is 1. The van der Waals surface area contributed by atoms with E-state index in [1.807, 2.05) is 18.2 Å². The van der Waals surface area contributed by atoms with Gasteiger partial charge in [0.1, 0.15) is 11.3 Å². The quantitative estimate of drug-likeness (QED) is 0.493. The van der Waals surface area contributed by atoms with Crippen LogP contribution in [0.5, 0.6) is 11.5 Å². The maximum atomic E-state index is 13.7. The number of hydrogen-bond acceptors (Lipinski definition) is 5. The second kappa shape index (κ2) is 9.52. The molecule has 0 aliphatic heterocycles. The number of carbonyl (C=O) groups excluding carboxylic acids is 1. The highest BCUT2D eigenvalue weighted by molar-refractivity contribution is 7.22. The van der Waals surface area contributed by atoms with Crippen LogP contribution in [-0.2, 0) is 4.79 Å². The van der Waals surface area contributed by atoms with Crippen LogP contribution in [0.1, 0.15) is 25.8 Å². The van der Waals surface area contributed by atoms with E-state index in [-0.39, 0.29) is 11.4 Å². The molecule has 0 atom stereocenters. The maximum absolute atomic E-state index is 13.7. The summed E-state index contributed by atoms with van der Waals surface area (Å²) in [5.41, 5.74) is 1.05. The molecule has 29 heavy (non-hydrogen) atoms. The molecule has 0 saturated heterocycles. The number of thiazole rings is 1. The van der Waals surface area contributed by atoms with Gasteiger partial charge in [-0.1, -0.05) is 37.3 Å². The monoisotopic (exact) mass is 414 g/mol. The molecule has 1 heterocycles. The van der Waals surface area contributed by atoms with Crippen molar-refractivity contribution in [2.75, 3.05) is 19.0 Å². The predicted molar refractivity (Wildman–Crippen MR) is 115 cm³/mol. The minimum Gasteiger partial charge on any atom is -0.493 e. The molecule has 2 aromatic carbocycles. The molecule has 7 heteroatoms. The number of methoxy groups -OCH3 is 1. The zero-order chi connectivity index (χ0) is 20.8. The van der Waals surface area contributed by atoms with Crippen LogP contribution >= 0.6 is 11.3 Å². The van der Waals surface area contributed by atoms with E-state index in [0.717, 1.165) is 12.0 Å². The van der Waals surface area contributed by atoms with Crippen molar-refractivity contribution >= 4 is 38.7 Å². The standard InChI is InChI=1S/C22H23FN2O3S/c1-14(2)11-12-28-17-9-7-15(13-18(17)27-3)8-10-20(26)24-22-25-21-16(23)5-4-6-19(21)29-22/h4-10,13-14H,11-12H2,1-3H3,(H,24,25,26)/b10-8+. The number of benzene rings is 2. The van der Waals surface area contributed by atoms with Crippen molar-refractivity contribution in [3.63, 3.8) is 0 Å². The van der Waals surface area contributed by atoms with Gasteiger partial charge in [-0.05, 0) is 48.2 Å². The Bertz CT molecular complexity index is 1030. The lowest BCUT2D eigenvalue weighted by molar-refractivity contribution is -0.111. The molecule has 1 N–H and O–H groups in total. The zero-order valence-electron chi connectivity index (χ0n) is 16.6. The Kier molecular flexibility index (Phi) is 6.82. The van der Waals surface area contributed by atoms with Crippen molar-refractivity contribution in [2.45, 2.75) is 20.3 Å². The van der Waals surface area contributed by atoms with Crippen LogP contribution in [0, 0.1) is 11.7 Å². The Labute approximate surface area is 173 Å². The van der Waals surface area contributed by atoms with Crippen molar-refractivity contribution in [1.29, 1.82) is 0 Å². The number of ether oxygens (including phenoxy) is 2. The fourth-order valence-corrected chi connectivity index (χ4v) is 3.48. The lowest BCUT2D eigenvalue weighted by Gasteiger charge is -2.12. The van der Waals surface area contributed by atoms with Crippen LogP contribution in [0.3, 0.4) is 0 Å². The second-order valence-corrected chi connectivity index (χ2v) is 7.90. The summed E-state index contributed by atoms with van der Waals surface area (Å²) >= 11 is 1.23. The summed E-state index contributed by atoms with van der Waals surface area (Å²) in [5.74, 6) is 1.09. The zero-order valence-corrected chi connectivity index (χ0v) is 17.4. The summed E-state index contributed by atoms with van der Waals surface area (Å²) in [6.07, 6.45) is 4.03. The summed E-state index contributed by atoms with van der Waals surface area (Å²) in [6.45, 7) is 4.91. The van der Waals surface area contributed by atoms with Gasteiger partial charge in [-0.2, -0.15) is 0 Å². The maximum Gasteiger partial charge on any atom is 0.250 e. The van der Waals surface area contributed by atoms with Gasteiger partial charge in [0.2, 0.25) is 5.91 Å². The molecule has 3 rings (SSSR count). The number of carbonyl (C=O) groups is 1.